The van der Waals surface area contributed by atoms with Crippen LogP contribution in [0.4, 0.5) is 8.78 Å². The molecule has 0 spiro atoms. The second-order valence-corrected chi connectivity index (χ2v) is 9.65. The van der Waals surface area contributed by atoms with E-state index in [2.05, 4.69) is 21.9 Å². The minimum absolute atomic E-state index is 0.0499. The van der Waals surface area contributed by atoms with E-state index in [1.165, 1.54) is 24.3 Å². The van der Waals surface area contributed by atoms with Crippen LogP contribution in [0.1, 0.15) is 41.5 Å². The molecule has 2 N–H and O–H groups in total. The first-order valence-electron chi connectivity index (χ1n) is 12.8. The minimum Gasteiger partial charge on any atom is -0.378 e. The van der Waals surface area contributed by atoms with E-state index in [1.54, 1.807) is 7.11 Å². The fourth-order valence-electron chi connectivity index (χ4n) is 5.11. The Hall–Kier alpha value is -2.64. The fraction of sp³-hybridized carbons (Fsp3) is 0.400. The van der Waals surface area contributed by atoms with E-state index in [0.717, 1.165) is 68.8 Å². The van der Waals surface area contributed by atoms with Gasteiger partial charge >= 0.3 is 0 Å². The molecule has 192 valence electrons. The van der Waals surface area contributed by atoms with Crippen molar-refractivity contribution in [1.29, 1.82) is 0 Å². The molecular weight excluding hydrogens is 456 g/mol. The third-order valence-electron chi connectivity index (χ3n) is 7.30. The highest BCUT2D eigenvalue weighted by Gasteiger charge is 2.25. The van der Waals surface area contributed by atoms with Crippen LogP contribution in [0, 0.1) is 11.6 Å². The van der Waals surface area contributed by atoms with Crippen molar-refractivity contribution in [2.75, 3.05) is 46.4 Å². The maximum absolute atomic E-state index is 13.5. The van der Waals surface area contributed by atoms with Crippen molar-refractivity contribution in [1.82, 2.24) is 9.80 Å². The summed E-state index contributed by atoms with van der Waals surface area (Å²) in [5.41, 5.74) is 9.72. The number of benzene rings is 3. The third kappa shape index (κ3) is 7.20. The predicted molar refractivity (Wildman–Crippen MR) is 141 cm³/mol. The van der Waals surface area contributed by atoms with Gasteiger partial charge in [0.05, 0.1) is 12.1 Å². The van der Waals surface area contributed by atoms with Gasteiger partial charge in [0.25, 0.3) is 0 Å². The van der Waals surface area contributed by atoms with E-state index < -0.39 is 0 Å². The Bertz CT molecular complexity index is 993. The Morgan fingerprint density at radius 1 is 0.750 bits per heavy atom. The van der Waals surface area contributed by atoms with Crippen molar-refractivity contribution < 1.29 is 13.5 Å². The zero-order valence-electron chi connectivity index (χ0n) is 21.0. The monoisotopic (exact) mass is 493 g/mol. The largest absolute Gasteiger partial charge is 0.378 e. The molecule has 4 rings (SSSR count). The molecule has 4 nitrogen and oxygen atoms in total. The molecule has 1 saturated heterocycles. The second-order valence-electron chi connectivity index (χ2n) is 9.65. The van der Waals surface area contributed by atoms with Gasteiger partial charge in [-0.2, -0.15) is 0 Å². The standard InChI is InChI=1S/C30H37F2N3O/c1-36-29(30(33)25-6-3-2-4-7-25)22-35-20-18-34(19-21-35)17-5-8-28(23-9-13-26(31)14-10-23)24-11-15-27(32)16-12-24/h2-4,6-7,9-16,28-30H,5,8,17-22,33H2,1H3. The van der Waals surface area contributed by atoms with E-state index >= 15 is 0 Å². The average Bonchev–Trinajstić information content (AvgIpc) is 2.92. The number of nitrogens with two attached hydrogens (primary N) is 1. The number of hydrogen-bond acceptors (Lipinski definition) is 4. The van der Waals surface area contributed by atoms with E-state index in [1.807, 2.05) is 42.5 Å². The fourth-order valence-corrected chi connectivity index (χ4v) is 5.11. The van der Waals surface area contributed by atoms with Crippen molar-refractivity contribution in [2.45, 2.75) is 30.9 Å². The number of nitrogens with zero attached hydrogens (tertiary/aromatic N) is 2. The topological polar surface area (TPSA) is 41.7 Å². The van der Waals surface area contributed by atoms with Crippen molar-refractivity contribution >= 4 is 0 Å². The average molecular weight is 494 g/mol. The quantitative estimate of drug-likeness (QED) is 0.398. The van der Waals surface area contributed by atoms with E-state index in [-0.39, 0.29) is 29.7 Å². The third-order valence-corrected chi connectivity index (χ3v) is 7.30. The summed E-state index contributed by atoms with van der Waals surface area (Å²) in [5, 5.41) is 0. The molecule has 0 saturated carbocycles. The second kappa shape index (κ2) is 13.1. The van der Waals surface area contributed by atoms with Gasteiger partial charge in [-0.3, -0.25) is 4.90 Å². The first kappa shape index (κ1) is 26.4. The zero-order valence-corrected chi connectivity index (χ0v) is 21.0. The van der Waals surface area contributed by atoms with Gasteiger partial charge in [0, 0.05) is 45.8 Å². The number of halogens is 2. The summed E-state index contributed by atoms with van der Waals surface area (Å²) in [6, 6.07) is 23.4. The Labute approximate surface area is 213 Å². The van der Waals surface area contributed by atoms with Crippen LogP contribution in [0.2, 0.25) is 0 Å². The molecule has 0 aromatic heterocycles. The van der Waals surface area contributed by atoms with Gasteiger partial charge in [0.2, 0.25) is 0 Å². The van der Waals surface area contributed by atoms with Crippen molar-refractivity contribution in [3.8, 4) is 0 Å². The van der Waals surface area contributed by atoms with Crippen LogP contribution in [0.5, 0.6) is 0 Å². The molecule has 3 aromatic rings. The van der Waals surface area contributed by atoms with Crippen LogP contribution in [0.15, 0.2) is 78.9 Å². The molecule has 6 heteroatoms. The Morgan fingerprint density at radius 3 is 1.81 bits per heavy atom. The van der Waals surface area contributed by atoms with Gasteiger partial charge < -0.3 is 15.4 Å². The molecule has 2 atom stereocenters. The van der Waals surface area contributed by atoms with Gasteiger partial charge in [-0.15, -0.1) is 0 Å². The van der Waals surface area contributed by atoms with Crippen molar-refractivity contribution in [3.63, 3.8) is 0 Å². The summed E-state index contributed by atoms with van der Waals surface area (Å²) in [7, 11) is 1.74. The molecule has 1 aliphatic heterocycles. The highest BCUT2D eigenvalue weighted by atomic mass is 19.1. The van der Waals surface area contributed by atoms with Crippen molar-refractivity contribution in [3.05, 3.63) is 107 Å². The van der Waals surface area contributed by atoms with Gasteiger partial charge in [-0.25, -0.2) is 8.78 Å². The van der Waals surface area contributed by atoms with E-state index in [0.29, 0.717) is 0 Å². The van der Waals surface area contributed by atoms with Gasteiger partial charge in [-0.1, -0.05) is 54.6 Å². The van der Waals surface area contributed by atoms with Gasteiger partial charge in [0.1, 0.15) is 11.6 Å². The summed E-state index contributed by atoms with van der Waals surface area (Å²) in [6.07, 6.45) is 1.89. The lowest BCUT2D eigenvalue weighted by molar-refractivity contribution is 0.0279. The Kier molecular flexibility index (Phi) is 9.59. The molecule has 36 heavy (non-hydrogen) atoms. The summed E-state index contributed by atoms with van der Waals surface area (Å²) in [4.78, 5) is 4.94. The first-order valence-corrected chi connectivity index (χ1v) is 12.8. The smallest absolute Gasteiger partial charge is 0.123 e. The van der Waals surface area contributed by atoms with Crippen LogP contribution in [0.25, 0.3) is 0 Å². The van der Waals surface area contributed by atoms with Crippen LogP contribution in [0.3, 0.4) is 0 Å². The summed E-state index contributed by atoms with van der Waals surface area (Å²) in [6.45, 7) is 5.81. The number of piperazine rings is 1. The summed E-state index contributed by atoms with van der Waals surface area (Å²) in [5.74, 6) is -0.362. The molecule has 1 heterocycles. The molecule has 0 amide bonds. The van der Waals surface area contributed by atoms with Crippen LogP contribution >= 0.6 is 0 Å². The lowest BCUT2D eigenvalue weighted by atomic mass is 9.87. The maximum atomic E-state index is 13.5. The van der Waals surface area contributed by atoms with Crippen molar-refractivity contribution in [2.24, 2.45) is 5.73 Å². The molecule has 2 unspecified atom stereocenters. The zero-order chi connectivity index (χ0) is 25.3. The predicted octanol–water partition coefficient (Wildman–Crippen LogP) is 5.21. The lowest BCUT2D eigenvalue weighted by Crippen LogP contribution is -2.50. The number of hydrogen-bond donors (Lipinski definition) is 1. The first-order chi connectivity index (χ1) is 17.5. The molecule has 1 aliphatic rings. The van der Waals surface area contributed by atoms with Crippen LogP contribution in [-0.2, 0) is 4.74 Å². The molecule has 0 radical (unpaired) electrons. The minimum atomic E-state index is -0.241. The number of ether oxygens (including phenoxy) is 1. The SMILES string of the molecule is COC(CN1CCN(CCCC(c2ccc(F)cc2)c2ccc(F)cc2)CC1)C(N)c1ccccc1. The molecule has 3 aromatic carbocycles. The number of methoxy groups -OCH3 is 1. The lowest BCUT2D eigenvalue weighted by Gasteiger charge is -2.37. The van der Waals surface area contributed by atoms with Gasteiger partial charge in [0.15, 0.2) is 0 Å². The Balaban J connectivity index is 1.27. The van der Waals surface area contributed by atoms with E-state index in [4.69, 9.17) is 10.5 Å². The van der Waals surface area contributed by atoms with Gasteiger partial charge in [-0.05, 0) is 60.3 Å². The number of rotatable bonds is 11. The molecule has 0 bridgehead atoms. The molecular formula is C30H37F2N3O. The normalized spacial score (nSPS) is 16.8. The molecule has 1 fully saturated rings. The molecule has 0 aliphatic carbocycles. The Morgan fingerprint density at radius 2 is 1.28 bits per heavy atom. The van der Waals surface area contributed by atoms with Crippen LogP contribution in [-0.4, -0.2) is 62.3 Å². The van der Waals surface area contributed by atoms with E-state index in [9.17, 15) is 8.78 Å². The van der Waals surface area contributed by atoms with Crippen LogP contribution < -0.4 is 5.73 Å². The summed E-state index contributed by atoms with van der Waals surface area (Å²) < 4.78 is 32.7. The highest BCUT2D eigenvalue weighted by Crippen LogP contribution is 2.30. The summed E-state index contributed by atoms with van der Waals surface area (Å²) >= 11 is 0. The highest BCUT2D eigenvalue weighted by molar-refractivity contribution is 5.32. The maximum Gasteiger partial charge on any atom is 0.123 e.